The Morgan fingerprint density at radius 2 is 1.91 bits per heavy atom. The lowest BCUT2D eigenvalue weighted by Gasteiger charge is -2.32. The molecule has 35 heavy (non-hydrogen) atoms. The van der Waals surface area contributed by atoms with Crippen molar-refractivity contribution in [1.29, 1.82) is 0 Å². The summed E-state index contributed by atoms with van der Waals surface area (Å²) in [6, 6.07) is 7.07. The molecular formula is C25H29F3N4O3. The Balaban J connectivity index is 1.14. The Morgan fingerprint density at radius 3 is 2.66 bits per heavy atom. The van der Waals surface area contributed by atoms with Crippen LogP contribution in [0.4, 0.5) is 18.9 Å². The number of ether oxygens (including phenoxy) is 1. The van der Waals surface area contributed by atoms with Crippen molar-refractivity contribution < 1.29 is 27.5 Å². The molecule has 4 rings (SSSR count). The number of para-hydroxylation sites is 1. The first-order valence-corrected chi connectivity index (χ1v) is 11.9. The highest BCUT2D eigenvalue weighted by molar-refractivity contribution is 5.97. The maximum absolute atomic E-state index is 12.8. The third-order valence-corrected chi connectivity index (χ3v) is 6.56. The number of nitrogens with zero attached hydrogens (tertiary/aromatic N) is 2. The third kappa shape index (κ3) is 6.64. The van der Waals surface area contributed by atoms with E-state index in [1.54, 1.807) is 17.3 Å². The molecule has 0 bridgehead atoms. The quantitative estimate of drug-likeness (QED) is 0.543. The molecule has 0 aliphatic carbocycles. The van der Waals surface area contributed by atoms with Gasteiger partial charge in [0.15, 0.2) is 0 Å². The summed E-state index contributed by atoms with van der Waals surface area (Å²) < 4.78 is 42.0. The second kappa shape index (κ2) is 11.0. The Bertz CT molecular complexity index is 1010. The fourth-order valence-electron chi connectivity index (χ4n) is 4.69. The average Bonchev–Trinajstić information content (AvgIpc) is 3.28. The Hall–Kier alpha value is -3.30. The van der Waals surface area contributed by atoms with E-state index in [-0.39, 0.29) is 17.5 Å². The first-order chi connectivity index (χ1) is 16.8. The number of fused-ring (bicyclic) bond motifs is 1. The highest BCUT2D eigenvalue weighted by Gasteiger charge is 2.34. The van der Waals surface area contributed by atoms with Crippen LogP contribution >= 0.6 is 0 Å². The SMILES string of the molecule is O=C(NCCCCC1CCN(C(=O)c2ccccc2OC(F)(F)F)CC1)C1Cc2cnccc2N1. The van der Waals surface area contributed by atoms with E-state index in [9.17, 15) is 22.8 Å². The molecule has 2 N–H and O–H groups in total. The lowest BCUT2D eigenvalue weighted by molar-refractivity contribution is -0.274. The first kappa shape index (κ1) is 24.8. The lowest BCUT2D eigenvalue weighted by atomic mass is 9.91. The van der Waals surface area contributed by atoms with Crippen LogP contribution < -0.4 is 15.4 Å². The van der Waals surface area contributed by atoms with Crippen LogP contribution in [0.25, 0.3) is 0 Å². The van der Waals surface area contributed by atoms with Gasteiger partial charge in [0, 0.05) is 44.1 Å². The molecule has 188 valence electrons. The number of benzene rings is 1. The van der Waals surface area contributed by atoms with Gasteiger partial charge in [-0.05, 0) is 48.9 Å². The summed E-state index contributed by atoms with van der Waals surface area (Å²) in [4.78, 5) is 30.9. The number of carbonyl (C=O) groups excluding carboxylic acids is 2. The maximum atomic E-state index is 12.8. The number of hydrogen-bond donors (Lipinski definition) is 2. The van der Waals surface area contributed by atoms with Crippen LogP contribution in [0.2, 0.25) is 0 Å². The fraction of sp³-hybridized carbons (Fsp3) is 0.480. The van der Waals surface area contributed by atoms with Crippen molar-refractivity contribution in [2.45, 2.75) is 50.9 Å². The van der Waals surface area contributed by atoms with E-state index in [1.165, 1.54) is 18.2 Å². The number of piperidine rings is 1. The number of amides is 2. The van der Waals surface area contributed by atoms with Crippen LogP contribution in [0.5, 0.6) is 5.75 Å². The number of rotatable bonds is 8. The van der Waals surface area contributed by atoms with Gasteiger partial charge in [0.1, 0.15) is 11.8 Å². The van der Waals surface area contributed by atoms with Crippen LogP contribution in [-0.2, 0) is 11.2 Å². The zero-order valence-corrected chi connectivity index (χ0v) is 19.3. The molecule has 1 fully saturated rings. The molecule has 1 aromatic heterocycles. The number of nitrogens with one attached hydrogen (secondary N) is 2. The van der Waals surface area contributed by atoms with Crippen LogP contribution in [0.1, 0.15) is 48.0 Å². The van der Waals surface area contributed by atoms with E-state index in [4.69, 9.17) is 0 Å². The molecule has 1 aromatic carbocycles. The van der Waals surface area contributed by atoms with E-state index < -0.39 is 18.0 Å². The summed E-state index contributed by atoms with van der Waals surface area (Å²) >= 11 is 0. The fourth-order valence-corrected chi connectivity index (χ4v) is 4.69. The predicted molar refractivity (Wildman–Crippen MR) is 124 cm³/mol. The normalized spacial score (nSPS) is 18.0. The van der Waals surface area contributed by atoms with Crippen molar-refractivity contribution in [2.75, 3.05) is 25.0 Å². The number of aromatic nitrogens is 1. The van der Waals surface area contributed by atoms with Crippen molar-refractivity contribution in [3.8, 4) is 5.75 Å². The van der Waals surface area contributed by atoms with Crippen molar-refractivity contribution in [2.24, 2.45) is 5.92 Å². The number of pyridine rings is 1. The van der Waals surface area contributed by atoms with E-state index in [2.05, 4.69) is 20.4 Å². The number of likely N-dealkylation sites (tertiary alicyclic amines) is 1. The standard InChI is InChI=1S/C25H29F3N4O3/c26-25(27,28)35-22-7-2-1-6-19(22)24(34)32-13-9-17(10-14-32)5-3-4-11-30-23(33)21-15-18-16-29-12-8-20(18)31-21/h1-2,6-8,12,16-17,21,31H,3-5,9-11,13-15H2,(H,30,33). The van der Waals surface area contributed by atoms with Gasteiger partial charge in [-0.1, -0.05) is 25.0 Å². The Morgan fingerprint density at radius 1 is 1.14 bits per heavy atom. The number of carbonyl (C=O) groups is 2. The molecule has 2 amide bonds. The molecule has 2 aromatic rings. The average molecular weight is 491 g/mol. The monoisotopic (exact) mass is 490 g/mol. The summed E-state index contributed by atoms with van der Waals surface area (Å²) in [5, 5.41) is 6.21. The minimum absolute atomic E-state index is 0.0113. The van der Waals surface area contributed by atoms with Gasteiger partial charge in [-0.15, -0.1) is 13.2 Å². The summed E-state index contributed by atoms with van der Waals surface area (Å²) in [5.74, 6) is -0.468. The molecule has 1 saturated heterocycles. The van der Waals surface area contributed by atoms with Gasteiger partial charge in [-0.2, -0.15) is 0 Å². The van der Waals surface area contributed by atoms with Crippen LogP contribution in [0.15, 0.2) is 42.7 Å². The number of alkyl halides is 3. The van der Waals surface area contributed by atoms with Gasteiger partial charge < -0.3 is 20.3 Å². The van der Waals surface area contributed by atoms with Gasteiger partial charge in [-0.25, -0.2) is 0 Å². The van der Waals surface area contributed by atoms with Crippen LogP contribution in [0.3, 0.4) is 0 Å². The van der Waals surface area contributed by atoms with Crippen LogP contribution in [0, 0.1) is 5.92 Å². The van der Waals surface area contributed by atoms with Gasteiger partial charge in [0.2, 0.25) is 5.91 Å². The summed E-state index contributed by atoms with van der Waals surface area (Å²) in [7, 11) is 0. The minimum atomic E-state index is -4.85. The zero-order chi connectivity index (χ0) is 24.8. The lowest BCUT2D eigenvalue weighted by Crippen LogP contribution is -2.39. The molecule has 0 radical (unpaired) electrons. The smallest absolute Gasteiger partial charge is 0.405 e. The van der Waals surface area contributed by atoms with Crippen LogP contribution in [-0.4, -0.2) is 53.7 Å². The van der Waals surface area contributed by atoms with E-state index in [0.717, 1.165) is 49.4 Å². The number of unbranched alkanes of at least 4 members (excludes halogenated alkanes) is 1. The molecule has 1 unspecified atom stereocenters. The topological polar surface area (TPSA) is 83.6 Å². The van der Waals surface area contributed by atoms with Crippen molar-refractivity contribution in [3.05, 3.63) is 53.9 Å². The van der Waals surface area contributed by atoms with Gasteiger partial charge in [0.05, 0.1) is 5.56 Å². The molecule has 1 atom stereocenters. The Kier molecular flexibility index (Phi) is 7.77. The first-order valence-electron chi connectivity index (χ1n) is 11.9. The molecule has 0 saturated carbocycles. The van der Waals surface area contributed by atoms with Crippen molar-refractivity contribution in [1.82, 2.24) is 15.2 Å². The van der Waals surface area contributed by atoms with Gasteiger partial charge >= 0.3 is 6.36 Å². The molecule has 10 heteroatoms. The van der Waals surface area contributed by atoms with E-state index in [1.807, 2.05) is 6.07 Å². The second-order valence-electron chi connectivity index (χ2n) is 9.00. The largest absolute Gasteiger partial charge is 0.573 e. The zero-order valence-electron chi connectivity index (χ0n) is 19.3. The number of anilines is 1. The molecule has 2 aliphatic rings. The summed E-state index contributed by atoms with van der Waals surface area (Å²) in [6.07, 6.45) is 3.70. The highest BCUT2D eigenvalue weighted by Crippen LogP contribution is 2.29. The molecule has 2 aliphatic heterocycles. The number of hydrogen-bond acceptors (Lipinski definition) is 5. The van der Waals surface area contributed by atoms with Gasteiger partial charge in [-0.3, -0.25) is 14.6 Å². The maximum Gasteiger partial charge on any atom is 0.573 e. The van der Waals surface area contributed by atoms with E-state index in [0.29, 0.717) is 32.0 Å². The molecule has 0 spiro atoms. The highest BCUT2D eigenvalue weighted by atomic mass is 19.4. The summed E-state index contributed by atoms with van der Waals surface area (Å²) in [6.45, 7) is 1.62. The van der Waals surface area contributed by atoms with E-state index >= 15 is 0 Å². The molecule has 7 nitrogen and oxygen atoms in total. The predicted octanol–water partition coefficient (Wildman–Crippen LogP) is 4.16. The van der Waals surface area contributed by atoms with Crippen molar-refractivity contribution >= 4 is 17.5 Å². The minimum Gasteiger partial charge on any atom is -0.405 e. The second-order valence-corrected chi connectivity index (χ2v) is 9.00. The molecule has 3 heterocycles. The third-order valence-electron chi connectivity index (χ3n) is 6.56. The van der Waals surface area contributed by atoms with Crippen molar-refractivity contribution in [3.63, 3.8) is 0 Å². The Labute approximate surface area is 202 Å². The molecular weight excluding hydrogens is 461 g/mol. The summed E-state index contributed by atoms with van der Waals surface area (Å²) in [5.41, 5.74) is 1.94. The van der Waals surface area contributed by atoms with Gasteiger partial charge in [0.25, 0.3) is 5.91 Å². The number of halogens is 3.